The Balaban J connectivity index is 5.33. The van der Waals surface area contributed by atoms with Crippen LogP contribution in [-0.4, -0.2) is 27.5 Å². The van der Waals surface area contributed by atoms with Crippen molar-refractivity contribution in [2.45, 2.75) is 33.1 Å². The minimum atomic E-state index is -1.50. The summed E-state index contributed by atoms with van der Waals surface area (Å²) >= 11 is 5.62. The van der Waals surface area contributed by atoms with Gasteiger partial charge in [-0.05, 0) is 12.3 Å². The summed E-state index contributed by atoms with van der Waals surface area (Å²) in [5, 5.41) is 16.3. The Kier molecular flexibility index (Phi) is 3.56. The van der Waals surface area contributed by atoms with Crippen LogP contribution in [0.25, 0.3) is 0 Å². The zero-order valence-corrected chi connectivity index (χ0v) is 9.42. The SMILES string of the molecule is CC(C)(C)C(C)(C(=O)O)C(Cl)C(=O)O. The van der Waals surface area contributed by atoms with E-state index in [9.17, 15) is 9.59 Å². The molecule has 0 saturated carbocycles. The number of aliphatic carboxylic acids is 2. The van der Waals surface area contributed by atoms with Crippen molar-refractivity contribution >= 4 is 23.5 Å². The fraction of sp³-hybridized carbons (Fsp3) is 0.778. The summed E-state index contributed by atoms with van der Waals surface area (Å²) in [6.45, 7) is 6.30. The molecule has 0 radical (unpaired) electrons. The normalized spacial score (nSPS) is 18.4. The Hall–Kier alpha value is -0.770. The molecular weight excluding hydrogens is 208 g/mol. The number of carboxylic acids is 2. The molecule has 0 heterocycles. The van der Waals surface area contributed by atoms with Crippen LogP contribution in [0.2, 0.25) is 0 Å². The minimum absolute atomic E-state index is 0.733. The highest BCUT2D eigenvalue weighted by Crippen LogP contribution is 2.43. The molecule has 0 spiro atoms. The molecule has 0 rings (SSSR count). The number of alkyl halides is 1. The number of hydrogen-bond donors (Lipinski definition) is 2. The van der Waals surface area contributed by atoms with Crippen molar-refractivity contribution in [1.82, 2.24) is 0 Å². The molecule has 4 nitrogen and oxygen atoms in total. The fourth-order valence-electron chi connectivity index (χ4n) is 1.06. The summed E-state index contributed by atoms with van der Waals surface area (Å²) in [5.41, 5.74) is -2.23. The average molecular weight is 223 g/mol. The van der Waals surface area contributed by atoms with Crippen molar-refractivity contribution in [2.24, 2.45) is 10.8 Å². The molecule has 0 saturated heterocycles. The van der Waals surface area contributed by atoms with Crippen LogP contribution in [0.4, 0.5) is 0 Å². The molecule has 14 heavy (non-hydrogen) atoms. The third kappa shape index (κ3) is 2.00. The summed E-state index contributed by atoms with van der Waals surface area (Å²) in [7, 11) is 0. The molecule has 0 aliphatic heterocycles. The van der Waals surface area contributed by atoms with Gasteiger partial charge in [0.15, 0.2) is 0 Å². The Bertz CT molecular complexity index is 256. The molecule has 0 aliphatic carbocycles. The van der Waals surface area contributed by atoms with Crippen molar-refractivity contribution in [1.29, 1.82) is 0 Å². The quantitative estimate of drug-likeness (QED) is 0.715. The lowest BCUT2D eigenvalue weighted by molar-refractivity contribution is -0.161. The van der Waals surface area contributed by atoms with Crippen molar-refractivity contribution < 1.29 is 19.8 Å². The highest BCUT2D eigenvalue weighted by molar-refractivity contribution is 6.31. The Morgan fingerprint density at radius 2 is 1.50 bits per heavy atom. The third-order valence-electron chi connectivity index (χ3n) is 2.73. The van der Waals surface area contributed by atoms with Crippen LogP contribution in [0.15, 0.2) is 0 Å². The van der Waals surface area contributed by atoms with Gasteiger partial charge in [0.25, 0.3) is 0 Å². The number of hydrogen-bond acceptors (Lipinski definition) is 2. The van der Waals surface area contributed by atoms with Crippen LogP contribution >= 0.6 is 11.6 Å². The molecule has 0 aromatic heterocycles. The van der Waals surface area contributed by atoms with Gasteiger partial charge in [-0.3, -0.25) is 9.59 Å². The van der Waals surface area contributed by atoms with E-state index >= 15 is 0 Å². The van der Waals surface area contributed by atoms with E-state index in [-0.39, 0.29) is 0 Å². The van der Waals surface area contributed by atoms with Gasteiger partial charge in [-0.15, -0.1) is 11.6 Å². The molecule has 2 N–H and O–H groups in total. The first-order chi connectivity index (χ1) is 6.05. The van der Waals surface area contributed by atoms with Gasteiger partial charge < -0.3 is 10.2 Å². The minimum Gasteiger partial charge on any atom is -0.481 e. The fourth-order valence-corrected chi connectivity index (χ4v) is 1.48. The number of carboxylic acid groups (broad SMARTS) is 2. The topological polar surface area (TPSA) is 74.6 Å². The Morgan fingerprint density at radius 3 is 1.57 bits per heavy atom. The van der Waals surface area contributed by atoms with Crippen LogP contribution in [0.5, 0.6) is 0 Å². The summed E-state index contributed by atoms with van der Waals surface area (Å²) in [4.78, 5) is 21.8. The van der Waals surface area contributed by atoms with Crippen LogP contribution < -0.4 is 0 Å². The molecule has 2 atom stereocenters. The molecule has 0 amide bonds. The number of carbonyl (C=O) groups is 2. The Labute approximate surface area is 87.9 Å². The molecule has 2 unspecified atom stereocenters. The van der Waals surface area contributed by atoms with E-state index < -0.39 is 28.1 Å². The largest absolute Gasteiger partial charge is 0.481 e. The van der Waals surface area contributed by atoms with E-state index in [2.05, 4.69) is 0 Å². The van der Waals surface area contributed by atoms with Gasteiger partial charge in [0, 0.05) is 0 Å². The van der Waals surface area contributed by atoms with Crippen molar-refractivity contribution in [3.63, 3.8) is 0 Å². The first kappa shape index (κ1) is 13.2. The second-order valence-corrected chi connectivity index (χ2v) is 4.89. The van der Waals surface area contributed by atoms with E-state index in [1.165, 1.54) is 6.92 Å². The monoisotopic (exact) mass is 222 g/mol. The maximum atomic E-state index is 11.1. The molecule has 0 bridgehead atoms. The van der Waals surface area contributed by atoms with Crippen molar-refractivity contribution in [3.8, 4) is 0 Å². The van der Waals surface area contributed by atoms with Crippen molar-refractivity contribution in [2.75, 3.05) is 0 Å². The molecule has 0 aromatic carbocycles. The zero-order chi connectivity index (χ0) is 11.7. The van der Waals surface area contributed by atoms with Gasteiger partial charge in [-0.1, -0.05) is 20.8 Å². The van der Waals surface area contributed by atoms with E-state index in [4.69, 9.17) is 21.8 Å². The molecule has 0 aromatic rings. The number of rotatable bonds is 3. The summed E-state index contributed by atoms with van der Waals surface area (Å²) in [6.07, 6.45) is 0. The second kappa shape index (κ2) is 3.77. The number of halogens is 1. The highest BCUT2D eigenvalue weighted by atomic mass is 35.5. The van der Waals surface area contributed by atoms with Gasteiger partial charge in [0.05, 0.1) is 5.41 Å². The first-order valence-electron chi connectivity index (χ1n) is 4.15. The van der Waals surface area contributed by atoms with Gasteiger partial charge in [0.1, 0.15) is 5.38 Å². The lowest BCUT2D eigenvalue weighted by Crippen LogP contribution is -2.50. The van der Waals surface area contributed by atoms with Crippen LogP contribution in [0, 0.1) is 10.8 Å². The smallest absolute Gasteiger partial charge is 0.322 e. The standard InChI is InChI=1S/C9H15ClO4/c1-8(2,3)9(4,7(13)14)5(10)6(11)12/h5H,1-4H3,(H,11,12)(H,13,14). The van der Waals surface area contributed by atoms with E-state index in [0.29, 0.717) is 0 Å². The zero-order valence-electron chi connectivity index (χ0n) is 8.67. The van der Waals surface area contributed by atoms with Gasteiger partial charge in [-0.2, -0.15) is 0 Å². The van der Waals surface area contributed by atoms with Crippen LogP contribution in [-0.2, 0) is 9.59 Å². The summed E-state index contributed by atoms with van der Waals surface area (Å²) in [6, 6.07) is 0. The van der Waals surface area contributed by atoms with E-state index in [1.54, 1.807) is 20.8 Å². The predicted molar refractivity (Wildman–Crippen MR) is 52.5 cm³/mol. The molecule has 5 heteroatoms. The van der Waals surface area contributed by atoms with Crippen molar-refractivity contribution in [3.05, 3.63) is 0 Å². The van der Waals surface area contributed by atoms with Gasteiger partial charge in [-0.25, -0.2) is 0 Å². The van der Waals surface area contributed by atoms with Gasteiger partial charge >= 0.3 is 11.9 Å². The van der Waals surface area contributed by atoms with Crippen LogP contribution in [0.1, 0.15) is 27.7 Å². The third-order valence-corrected chi connectivity index (χ3v) is 3.35. The summed E-state index contributed by atoms with van der Waals surface area (Å²) in [5.74, 6) is -2.51. The molecule has 82 valence electrons. The first-order valence-corrected chi connectivity index (χ1v) is 4.59. The molecule has 0 fully saturated rings. The maximum absolute atomic E-state index is 11.1. The highest BCUT2D eigenvalue weighted by Gasteiger charge is 2.53. The van der Waals surface area contributed by atoms with Crippen LogP contribution in [0.3, 0.4) is 0 Å². The van der Waals surface area contributed by atoms with E-state index in [0.717, 1.165) is 0 Å². The average Bonchev–Trinajstić information content (AvgIpc) is 1.98. The van der Waals surface area contributed by atoms with Gasteiger partial charge in [0.2, 0.25) is 0 Å². The maximum Gasteiger partial charge on any atom is 0.322 e. The lowest BCUT2D eigenvalue weighted by Gasteiger charge is -2.39. The predicted octanol–water partition coefficient (Wildman–Crippen LogP) is 1.82. The molecule has 0 aliphatic rings. The van der Waals surface area contributed by atoms with E-state index in [1.807, 2.05) is 0 Å². The molecular formula is C9H15ClO4. The lowest BCUT2D eigenvalue weighted by atomic mass is 9.65. The Morgan fingerprint density at radius 1 is 1.14 bits per heavy atom. The second-order valence-electron chi connectivity index (χ2n) is 4.46. The summed E-state index contributed by atoms with van der Waals surface area (Å²) < 4.78 is 0.